The number of ether oxygens (including phenoxy) is 3. The number of non-ortho nitro benzene ring substituents is 1. The topological polar surface area (TPSA) is 166 Å². The number of likely N-dealkylation sites (N-methyl/N-ethyl adjacent to an activating group) is 1. The molecule has 1 amide bonds. The van der Waals surface area contributed by atoms with E-state index >= 15 is 0 Å². The first-order chi connectivity index (χ1) is 28.6. The maximum Gasteiger partial charge on any atom is 0.269 e. The summed E-state index contributed by atoms with van der Waals surface area (Å²) in [5.41, 5.74) is 4.91. The van der Waals surface area contributed by atoms with Crippen molar-refractivity contribution in [3.63, 3.8) is 0 Å². The van der Waals surface area contributed by atoms with Gasteiger partial charge in [-0.3, -0.25) is 19.9 Å². The lowest BCUT2D eigenvalue weighted by molar-refractivity contribution is -0.384. The zero-order valence-corrected chi connectivity index (χ0v) is 34.2. The van der Waals surface area contributed by atoms with Crippen molar-refractivity contribution in [1.82, 2.24) is 9.88 Å². The van der Waals surface area contributed by atoms with Crippen LogP contribution in [0.25, 0.3) is 6.08 Å². The Morgan fingerprint density at radius 3 is 2.56 bits per heavy atom. The summed E-state index contributed by atoms with van der Waals surface area (Å²) in [5.74, 6) is -0.935. The maximum atomic E-state index is 14.2. The van der Waals surface area contributed by atoms with Gasteiger partial charge in [0.05, 0.1) is 28.9 Å². The number of benzene rings is 2. The van der Waals surface area contributed by atoms with Crippen LogP contribution in [0, 0.1) is 34.8 Å². The highest BCUT2D eigenvalue weighted by molar-refractivity contribution is 6.03. The number of aliphatic hydroxyl groups excluding tert-OH is 2. The summed E-state index contributed by atoms with van der Waals surface area (Å²) in [7, 11) is 1.72. The van der Waals surface area contributed by atoms with E-state index in [1.54, 1.807) is 36.2 Å². The van der Waals surface area contributed by atoms with Gasteiger partial charge in [-0.25, -0.2) is 0 Å². The fraction of sp³-hybridized carbons (Fsp3) is 0.457. The van der Waals surface area contributed by atoms with Crippen molar-refractivity contribution in [1.29, 1.82) is 0 Å². The van der Waals surface area contributed by atoms with Gasteiger partial charge in [0.25, 0.3) is 5.69 Å². The molecule has 0 unspecified atom stereocenters. The first-order valence-corrected chi connectivity index (χ1v) is 20.6. The molecule has 59 heavy (non-hydrogen) atoms. The molecule has 3 aliphatic rings. The zero-order valence-electron chi connectivity index (χ0n) is 34.2. The second kappa shape index (κ2) is 20.1. The number of nitro benzene ring substituents is 1. The number of hydrogen-bond donors (Lipinski definition) is 2. The van der Waals surface area contributed by atoms with Gasteiger partial charge in [-0.15, -0.1) is 6.58 Å². The fourth-order valence-electron chi connectivity index (χ4n) is 8.94. The minimum Gasteiger partial charge on any atom is -0.487 e. The monoisotopic (exact) mass is 808 g/mol. The number of pyridine rings is 1. The molecule has 13 nitrogen and oxygen atoms in total. The number of aromatic nitrogens is 1. The van der Waals surface area contributed by atoms with E-state index in [4.69, 9.17) is 24.2 Å². The molecule has 2 aromatic carbocycles. The first-order valence-electron chi connectivity index (χ1n) is 20.6. The van der Waals surface area contributed by atoms with Crippen molar-refractivity contribution in [2.75, 3.05) is 33.5 Å². The van der Waals surface area contributed by atoms with Crippen LogP contribution in [0.3, 0.4) is 0 Å². The molecule has 1 fully saturated rings. The van der Waals surface area contributed by atoms with Crippen molar-refractivity contribution < 1.29 is 39.0 Å². The van der Waals surface area contributed by atoms with Gasteiger partial charge >= 0.3 is 0 Å². The van der Waals surface area contributed by atoms with Gasteiger partial charge in [0.15, 0.2) is 0 Å². The van der Waals surface area contributed by atoms with Gasteiger partial charge in [0, 0.05) is 62.1 Å². The Balaban J connectivity index is 1.49. The Hall–Kier alpha value is -5.37. The smallest absolute Gasteiger partial charge is 0.269 e. The Morgan fingerprint density at radius 1 is 1.10 bits per heavy atom. The van der Waals surface area contributed by atoms with Crippen LogP contribution in [0.2, 0.25) is 0 Å². The number of rotatable bonds is 20. The predicted molar refractivity (Wildman–Crippen MR) is 225 cm³/mol. The Morgan fingerprint density at radius 2 is 1.86 bits per heavy atom. The summed E-state index contributed by atoms with van der Waals surface area (Å²) < 4.78 is 20.5. The van der Waals surface area contributed by atoms with E-state index in [0.717, 1.165) is 48.2 Å². The average molecular weight is 809 g/mol. The number of nitrogens with zero attached hydrogens (tertiary/aromatic N) is 4. The van der Waals surface area contributed by atoms with Gasteiger partial charge in [-0.2, -0.15) is 0 Å². The Kier molecular flexibility index (Phi) is 14.7. The Bertz CT molecular complexity index is 2030. The highest BCUT2D eigenvalue weighted by atomic mass is 16.7. The lowest BCUT2D eigenvalue weighted by Crippen LogP contribution is -2.69. The van der Waals surface area contributed by atoms with Crippen LogP contribution in [-0.4, -0.2) is 81.9 Å². The predicted octanol–water partition coefficient (Wildman–Crippen LogP) is 7.70. The van der Waals surface area contributed by atoms with E-state index in [2.05, 4.69) is 23.7 Å². The maximum absolute atomic E-state index is 14.2. The number of amides is 1. The molecule has 6 atom stereocenters. The lowest BCUT2D eigenvalue weighted by Gasteiger charge is -2.59. The van der Waals surface area contributed by atoms with Crippen LogP contribution in [0.5, 0.6) is 11.5 Å². The van der Waals surface area contributed by atoms with E-state index in [1.165, 1.54) is 18.2 Å². The molecule has 1 aliphatic heterocycles. The molecular weight excluding hydrogens is 753 g/mol. The summed E-state index contributed by atoms with van der Waals surface area (Å²) in [4.78, 5) is 37.0. The van der Waals surface area contributed by atoms with E-state index in [9.17, 15) is 25.1 Å². The van der Waals surface area contributed by atoms with Gasteiger partial charge < -0.3 is 34.2 Å². The molecule has 6 rings (SSSR count). The number of nitro groups is 1. The van der Waals surface area contributed by atoms with Crippen molar-refractivity contribution in [3.05, 3.63) is 124 Å². The summed E-state index contributed by atoms with van der Waals surface area (Å²) in [6.07, 6.45) is 11.9. The average Bonchev–Trinajstić information content (AvgIpc) is 3.24. The van der Waals surface area contributed by atoms with Crippen LogP contribution in [0.1, 0.15) is 80.3 Å². The molecule has 314 valence electrons. The summed E-state index contributed by atoms with van der Waals surface area (Å²) in [6.45, 7) is 8.76. The van der Waals surface area contributed by atoms with Crippen LogP contribution in [-0.2, 0) is 21.0 Å². The standard InChI is InChI=1S/C46H56N4O9/c1-5-26-57-46-42(49(4)43(53)23-18-32-16-19-35(20-17-32)50(54)55)29-40(48-58-6-2)38-27-33(13-7-9-24-51)37(15-8-10-25-52)44(45(38)46)39-28-36(21-22-41(39)59-46)56-30-34-14-11-12-31(3)47-34/h5,11-12,14,16-23,27-28,33,37,42,44-45,51-52H,1,6-10,13,15,24-26,29-30H2,2-4H3/t33-,37+,42-,44+,45+,46+/m0/s1. The molecule has 0 saturated heterocycles. The largest absolute Gasteiger partial charge is 0.487 e. The van der Waals surface area contributed by atoms with Gasteiger partial charge in [-0.05, 0) is 111 Å². The number of aryl methyl sites for hydroxylation is 1. The summed E-state index contributed by atoms with van der Waals surface area (Å²) >= 11 is 0. The minimum atomic E-state index is -1.40. The molecule has 2 N–H and O–H groups in total. The number of carbonyl (C=O) groups excluding carboxylic acids is 1. The normalized spacial score (nSPS) is 23.8. The van der Waals surface area contributed by atoms with Crippen molar-refractivity contribution in [2.45, 2.75) is 83.1 Å². The van der Waals surface area contributed by atoms with Crippen molar-refractivity contribution >= 4 is 23.4 Å². The van der Waals surface area contributed by atoms with E-state index in [-0.39, 0.29) is 62.2 Å². The number of hydrogen-bond acceptors (Lipinski definition) is 11. The second-order valence-electron chi connectivity index (χ2n) is 15.4. The molecule has 0 radical (unpaired) electrons. The van der Waals surface area contributed by atoms with Crippen LogP contribution >= 0.6 is 0 Å². The molecule has 13 heteroatoms. The first kappa shape index (κ1) is 43.2. The number of carbonyl (C=O) groups is 1. The highest BCUT2D eigenvalue weighted by Crippen LogP contribution is 2.61. The van der Waals surface area contributed by atoms with E-state index < -0.39 is 22.7 Å². The molecule has 2 heterocycles. The number of allylic oxidation sites excluding steroid dienone is 1. The third kappa shape index (κ3) is 9.75. The third-order valence-corrected chi connectivity index (χ3v) is 11.6. The van der Waals surface area contributed by atoms with E-state index in [0.29, 0.717) is 42.2 Å². The molecule has 3 aromatic rings. The van der Waals surface area contributed by atoms with E-state index in [1.807, 2.05) is 44.2 Å². The van der Waals surface area contributed by atoms with Crippen LogP contribution in [0.15, 0.2) is 96.2 Å². The quantitative estimate of drug-likeness (QED) is 0.0380. The SMILES string of the molecule is C=CCO[C@@]12Oc3ccc(OCc4cccc(C)n4)cc3[C@H]3[C@H](CCCCO)[C@@H](CCCCO)C=C(C(=NOCC)C[C@@H]1N(C)C(=O)C=Cc1ccc([N+](=O)[O-])cc1)[C@H]32. The number of fused-ring (bicyclic) bond motifs is 2. The second-order valence-corrected chi connectivity index (χ2v) is 15.4. The molecule has 1 saturated carbocycles. The minimum absolute atomic E-state index is 0.0388. The molecule has 0 bridgehead atoms. The number of unbranched alkanes of at least 4 members (excludes halogenated alkanes) is 2. The zero-order chi connectivity index (χ0) is 41.9. The van der Waals surface area contributed by atoms with Crippen LogP contribution < -0.4 is 9.47 Å². The van der Waals surface area contributed by atoms with Crippen LogP contribution in [0.4, 0.5) is 5.69 Å². The summed E-state index contributed by atoms with van der Waals surface area (Å²) in [6, 6.07) is 17.0. The van der Waals surface area contributed by atoms with Crippen molar-refractivity contribution in [2.24, 2.45) is 22.9 Å². The van der Waals surface area contributed by atoms with Crippen molar-refractivity contribution in [3.8, 4) is 11.5 Å². The van der Waals surface area contributed by atoms with Gasteiger partial charge in [0.1, 0.15) is 30.8 Å². The lowest BCUT2D eigenvalue weighted by atomic mass is 9.55. The highest BCUT2D eigenvalue weighted by Gasteiger charge is 2.65. The molecule has 0 spiro atoms. The van der Waals surface area contributed by atoms with Gasteiger partial charge in [0.2, 0.25) is 11.7 Å². The Labute approximate surface area is 346 Å². The molecule has 2 aliphatic carbocycles. The summed E-state index contributed by atoms with van der Waals surface area (Å²) in [5, 5.41) is 35.6. The number of oxime groups is 1. The third-order valence-electron chi connectivity index (χ3n) is 11.6. The van der Waals surface area contributed by atoms with Gasteiger partial charge in [-0.1, -0.05) is 36.2 Å². The molecule has 1 aromatic heterocycles. The molecular formula is C46H56N4O9. The number of aliphatic hydroxyl groups is 2. The fourth-order valence-corrected chi connectivity index (χ4v) is 8.94.